The second-order valence-electron chi connectivity index (χ2n) is 8.08. The van der Waals surface area contributed by atoms with Gasteiger partial charge in [-0.25, -0.2) is 4.42 Å². The Bertz CT molecular complexity index is 1310. The third-order valence-corrected chi connectivity index (χ3v) is 7.31. The van der Waals surface area contributed by atoms with Crippen LogP contribution in [0.2, 0.25) is 0 Å². The first kappa shape index (κ1) is 21.6. The van der Waals surface area contributed by atoms with Crippen LogP contribution in [0.25, 0.3) is 28.4 Å². The Kier molecular flexibility index (Phi) is 6.10. The molecule has 1 aromatic heterocycles. The van der Waals surface area contributed by atoms with Crippen molar-refractivity contribution in [3.63, 3.8) is 0 Å². The van der Waals surface area contributed by atoms with E-state index in [0.29, 0.717) is 0 Å². The summed E-state index contributed by atoms with van der Waals surface area (Å²) in [6, 6.07) is 27.8. The Balaban J connectivity index is 1.68. The summed E-state index contributed by atoms with van der Waals surface area (Å²) in [4.78, 5) is 6.05. The van der Waals surface area contributed by atoms with E-state index in [-0.39, 0.29) is 0 Å². The van der Waals surface area contributed by atoms with Crippen molar-refractivity contribution >= 4 is 40.2 Å². The highest BCUT2D eigenvalue weighted by Gasteiger charge is 2.25. The highest BCUT2D eigenvalue weighted by Crippen LogP contribution is 2.46. The third kappa shape index (κ3) is 4.11. The first-order valence-electron chi connectivity index (χ1n) is 11.7. The number of hydrogen-bond donors (Lipinski definition) is 0. The molecular weight excluding hydrogens is 424 g/mol. The van der Waals surface area contributed by atoms with E-state index in [2.05, 4.69) is 109 Å². The Hall–Kier alpha value is -3.24. The molecule has 3 nitrogen and oxygen atoms in total. The van der Waals surface area contributed by atoms with E-state index in [1.807, 2.05) is 17.8 Å². The first-order chi connectivity index (χ1) is 16.2. The van der Waals surface area contributed by atoms with E-state index in [1.54, 1.807) is 0 Å². The van der Waals surface area contributed by atoms with Gasteiger partial charge in [0.25, 0.3) is 0 Å². The molecule has 4 heteroatoms. The number of anilines is 2. The number of nitrogens with zero attached hydrogens (tertiary/aromatic N) is 2. The molecule has 0 saturated carbocycles. The van der Waals surface area contributed by atoms with E-state index >= 15 is 0 Å². The van der Waals surface area contributed by atoms with Crippen molar-refractivity contribution in [3.8, 4) is 11.3 Å². The zero-order chi connectivity index (χ0) is 22.8. The lowest BCUT2D eigenvalue weighted by Gasteiger charge is -2.20. The van der Waals surface area contributed by atoms with Gasteiger partial charge in [0.15, 0.2) is 0 Å². The highest BCUT2D eigenvalue weighted by atomic mass is 32.2. The van der Waals surface area contributed by atoms with Crippen LogP contribution in [0.4, 0.5) is 11.4 Å². The number of benzene rings is 3. The molecule has 0 fully saturated rings. The molecule has 33 heavy (non-hydrogen) atoms. The van der Waals surface area contributed by atoms with Crippen LogP contribution in [0.5, 0.6) is 0 Å². The molecule has 1 aliphatic rings. The molecule has 0 bridgehead atoms. The molecule has 166 valence electrons. The lowest BCUT2D eigenvalue weighted by Crippen LogP contribution is -2.21. The van der Waals surface area contributed by atoms with Gasteiger partial charge in [-0.1, -0.05) is 42.1 Å². The van der Waals surface area contributed by atoms with Crippen molar-refractivity contribution in [2.24, 2.45) is 0 Å². The van der Waals surface area contributed by atoms with Gasteiger partial charge in [0.05, 0.1) is 33.8 Å². The Labute approximate surface area is 200 Å². The zero-order valence-corrected chi connectivity index (χ0v) is 20.2. The van der Waals surface area contributed by atoms with Crippen LogP contribution in [-0.2, 0) is 0 Å². The van der Waals surface area contributed by atoms with Crippen LogP contribution in [-0.4, -0.2) is 19.6 Å². The average molecular weight is 454 g/mol. The van der Waals surface area contributed by atoms with Crippen LogP contribution >= 0.6 is 11.8 Å². The van der Waals surface area contributed by atoms with Crippen LogP contribution in [0.15, 0.2) is 93.2 Å². The lowest BCUT2D eigenvalue weighted by molar-refractivity contribution is 0.619. The molecule has 0 N–H and O–H groups in total. The number of thioether (sulfide) groups is 1. The molecule has 0 unspecified atom stereocenters. The molecule has 3 aromatic carbocycles. The molecule has 0 radical (unpaired) electrons. The van der Waals surface area contributed by atoms with Crippen molar-refractivity contribution in [1.82, 2.24) is 0 Å². The summed E-state index contributed by atoms with van der Waals surface area (Å²) in [5.74, 6) is 0.884. The molecule has 0 aliphatic carbocycles. The van der Waals surface area contributed by atoms with Crippen molar-refractivity contribution in [2.45, 2.75) is 25.7 Å². The summed E-state index contributed by atoms with van der Waals surface area (Å²) in [7, 11) is 0. The number of rotatable bonds is 6. The molecule has 1 aliphatic heterocycles. The van der Waals surface area contributed by atoms with Gasteiger partial charge >= 0.3 is 11.3 Å². The Morgan fingerprint density at radius 2 is 1.64 bits per heavy atom. The summed E-state index contributed by atoms with van der Waals surface area (Å²) in [6.45, 7) is 9.46. The van der Waals surface area contributed by atoms with Crippen molar-refractivity contribution < 1.29 is 4.42 Å². The van der Waals surface area contributed by atoms with E-state index < -0.39 is 0 Å². The van der Waals surface area contributed by atoms with Crippen molar-refractivity contribution in [3.05, 3.63) is 89.5 Å². The molecule has 0 atom stereocenters. The number of para-hydroxylation sites is 1. The molecule has 2 heterocycles. The fraction of sp³-hybridized carbons (Fsp3) is 0.207. The maximum atomic E-state index is 6.47. The quantitative estimate of drug-likeness (QED) is 0.274. The summed E-state index contributed by atoms with van der Waals surface area (Å²) in [5.41, 5.74) is 5.65. The van der Waals surface area contributed by atoms with E-state index in [0.717, 1.165) is 41.9 Å². The molecule has 4 aromatic rings. The fourth-order valence-electron chi connectivity index (χ4n) is 4.47. The zero-order valence-electron chi connectivity index (χ0n) is 19.4. The highest BCUT2D eigenvalue weighted by molar-refractivity contribution is 8.03. The second-order valence-corrected chi connectivity index (χ2v) is 9.14. The predicted octanol–water partition coefficient (Wildman–Crippen LogP) is 8.16. The Morgan fingerprint density at radius 1 is 0.879 bits per heavy atom. The first-order valence-corrected chi connectivity index (χ1v) is 12.5. The monoisotopic (exact) mass is 453 g/mol. The van der Waals surface area contributed by atoms with E-state index in [4.69, 9.17) is 4.42 Å². The van der Waals surface area contributed by atoms with E-state index in [1.165, 1.54) is 26.9 Å². The third-order valence-electron chi connectivity index (χ3n) is 6.20. The summed E-state index contributed by atoms with van der Waals surface area (Å²) in [5, 5.41) is 2.38. The summed E-state index contributed by atoms with van der Waals surface area (Å²) in [6.07, 6.45) is 2.32. The van der Waals surface area contributed by atoms with Gasteiger partial charge in [0.1, 0.15) is 0 Å². The topological polar surface area (TPSA) is 17.8 Å². The van der Waals surface area contributed by atoms with Gasteiger partial charge in [-0.2, -0.15) is 0 Å². The van der Waals surface area contributed by atoms with Gasteiger partial charge in [-0.05, 0) is 63.2 Å². The number of hydrogen-bond acceptors (Lipinski definition) is 3. The normalized spacial score (nSPS) is 14.2. The second kappa shape index (κ2) is 9.32. The van der Waals surface area contributed by atoms with Crippen LogP contribution < -0.4 is 9.80 Å². The Morgan fingerprint density at radius 3 is 2.39 bits per heavy atom. The largest absolute Gasteiger partial charge is 0.372 e. The molecule has 5 rings (SSSR count). The summed E-state index contributed by atoms with van der Waals surface area (Å²) < 4.78 is 6.47. The van der Waals surface area contributed by atoms with Crippen LogP contribution in [0.3, 0.4) is 0 Å². The van der Waals surface area contributed by atoms with Crippen LogP contribution in [0, 0.1) is 0 Å². The van der Waals surface area contributed by atoms with Gasteiger partial charge in [0.2, 0.25) is 0 Å². The summed E-state index contributed by atoms with van der Waals surface area (Å²) >= 11 is 1.84. The maximum Gasteiger partial charge on any atom is 0.363 e. The van der Waals surface area contributed by atoms with Gasteiger partial charge < -0.3 is 9.80 Å². The minimum Gasteiger partial charge on any atom is -0.372 e. The minimum absolute atomic E-state index is 0.884. The number of fused-ring (bicyclic) bond motifs is 2. The maximum absolute atomic E-state index is 6.47. The molecule has 0 spiro atoms. The average Bonchev–Trinajstić information content (AvgIpc) is 3.22. The fourth-order valence-corrected chi connectivity index (χ4v) is 5.65. The van der Waals surface area contributed by atoms with Gasteiger partial charge in [-0.15, -0.1) is 0 Å². The molecular formula is C29H29N2OS+. The lowest BCUT2D eigenvalue weighted by atomic mass is 10.0. The SMILES string of the molecule is CCN(CC)c1ccc2c(/C=C3\Sc4ccccc4N3CC)cc(-c3ccccc3)[o+]c2c1. The smallest absolute Gasteiger partial charge is 0.363 e. The minimum atomic E-state index is 0.884. The van der Waals surface area contributed by atoms with E-state index in [9.17, 15) is 0 Å². The molecule has 0 amide bonds. The van der Waals surface area contributed by atoms with Gasteiger partial charge in [-0.3, -0.25) is 0 Å². The van der Waals surface area contributed by atoms with Crippen molar-refractivity contribution in [2.75, 3.05) is 29.4 Å². The standard InChI is InChI=1S/C29H29N2OS/c1-4-30(5-2)23-16-17-24-22(18-26(32-27(24)20-23)21-12-8-7-9-13-21)19-29-31(6-3)25-14-10-11-15-28(25)33-29/h7-20H,4-6H2,1-3H3/q+1/b29-19-. The van der Waals surface area contributed by atoms with Crippen LogP contribution in [0.1, 0.15) is 26.3 Å². The van der Waals surface area contributed by atoms with Gasteiger partial charge in [0, 0.05) is 35.8 Å². The predicted molar refractivity (Wildman–Crippen MR) is 143 cm³/mol. The molecule has 0 saturated heterocycles. The van der Waals surface area contributed by atoms with Crippen molar-refractivity contribution in [1.29, 1.82) is 0 Å².